The highest BCUT2D eigenvalue weighted by molar-refractivity contribution is 5.91. The maximum Gasteiger partial charge on any atom is 0.246 e. The van der Waals surface area contributed by atoms with E-state index in [9.17, 15) is 4.79 Å². The number of likely N-dealkylation sites (N-methyl/N-ethyl adjacent to an activating group) is 1. The van der Waals surface area contributed by atoms with Gasteiger partial charge in [-0.05, 0) is 24.1 Å². The van der Waals surface area contributed by atoms with Crippen molar-refractivity contribution in [2.75, 3.05) is 27.3 Å². The van der Waals surface area contributed by atoms with Gasteiger partial charge in [-0.15, -0.1) is 0 Å². The molecule has 0 bridgehead atoms. The minimum Gasteiger partial charge on any atom is -0.385 e. The van der Waals surface area contributed by atoms with Gasteiger partial charge < -0.3 is 9.64 Å². The molecule has 19 heavy (non-hydrogen) atoms. The Morgan fingerprint density at radius 3 is 2.89 bits per heavy atom. The van der Waals surface area contributed by atoms with Crippen LogP contribution in [0.15, 0.2) is 30.3 Å². The van der Waals surface area contributed by atoms with Crippen LogP contribution in [0.1, 0.15) is 17.5 Å². The summed E-state index contributed by atoms with van der Waals surface area (Å²) in [5.74, 6) is -0.0798. The minimum atomic E-state index is -0.0798. The van der Waals surface area contributed by atoms with Crippen molar-refractivity contribution in [1.29, 1.82) is 5.26 Å². The summed E-state index contributed by atoms with van der Waals surface area (Å²) in [4.78, 5) is 13.5. The second-order valence-corrected chi connectivity index (χ2v) is 4.14. The molecular formula is C15H18N2O2. The maximum absolute atomic E-state index is 11.8. The molecular weight excluding hydrogens is 240 g/mol. The summed E-state index contributed by atoms with van der Waals surface area (Å²) in [5, 5.41) is 8.94. The lowest BCUT2D eigenvalue weighted by molar-refractivity contribution is -0.124. The number of nitriles is 1. The Kier molecular flexibility index (Phi) is 6.34. The number of rotatable bonds is 6. The highest BCUT2D eigenvalue weighted by Gasteiger charge is 2.04. The number of carbonyl (C=O) groups is 1. The zero-order chi connectivity index (χ0) is 14.1. The topological polar surface area (TPSA) is 53.3 Å². The van der Waals surface area contributed by atoms with E-state index in [1.165, 1.54) is 6.08 Å². The summed E-state index contributed by atoms with van der Waals surface area (Å²) in [6, 6.07) is 9.28. The Bertz CT molecular complexity index is 489. The Balaban J connectivity index is 2.61. The largest absolute Gasteiger partial charge is 0.385 e. The zero-order valence-electron chi connectivity index (χ0n) is 11.3. The second kappa shape index (κ2) is 8.06. The summed E-state index contributed by atoms with van der Waals surface area (Å²) >= 11 is 0. The van der Waals surface area contributed by atoms with Gasteiger partial charge in [-0.3, -0.25) is 4.79 Å². The molecule has 1 rings (SSSR count). The number of nitrogens with zero attached hydrogens (tertiary/aromatic N) is 2. The van der Waals surface area contributed by atoms with Gasteiger partial charge in [0.25, 0.3) is 0 Å². The fourth-order valence-electron chi connectivity index (χ4n) is 1.59. The molecule has 100 valence electrons. The Labute approximate surface area is 113 Å². The van der Waals surface area contributed by atoms with Crippen molar-refractivity contribution in [3.05, 3.63) is 41.5 Å². The lowest BCUT2D eigenvalue weighted by Crippen LogP contribution is -2.26. The van der Waals surface area contributed by atoms with E-state index < -0.39 is 0 Å². The predicted octanol–water partition coefficient (Wildman–Crippen LogP) is 2.07. The van der Waals surface area contributed by atoms with Crippen LogP contribution < -0.4 is 0 Å². The third kappa shape index (κ3) is 4.94. The maximum atomic E-state index is 11.8. The fraction of sp³-hybridized carbons (Fsp3) is 0.333. The van der Waals surface area contributed by atoms with Crippen LogP contribution in [-0.2, 0) is 9.53 Å². The molecule has 0 aliphatic carbocycles. The van der Waals surface area contributed by atoms with Gasteiger partial charge in [0, 0.05) is 33.4 Å². The Morgan fingerprint density at radius 2 is 2.21 bits per heavy atom. The number of methoxy groups -OCH3 is 1. The van der Waals surface area contributed by atoms with Crippen LogP contribution in [0.25, 0.3) is 6.08 Å². The standard InChI is InChI=1S/C15H18N2O2/c1-17(10-5-11-19-2)15(18)9-8-13-6-3-4-7-14(13)12-16/h3-4,6-9H,5,10-11H2,1-2H3/b9-8+. The SMILES string of the molecule is COCCCN(C)C(=O)/C=C/c1ccccc1C#N. The van der Waals surface area contributed by atoms with Gasteiger partial charge in [0.2, 0.25) is 5.91 Å². The first kappa shape index (κ1) is 14.9. The normalized spacial score (nSPS) is 10.4. The van der Waals surface area contributed by atoms with Crippen molar-refractivity contribution < 1.29 is 9.53 Å². The molecule has 0 spiro atoms. The average molecular weight is 258 g/mol. The first-order valence-corrected chi connectivity index (χ1v) is 6.10. The number of carbonyl (C=O) groups excluding carboxylic acids is 1. The van der Waals surface area contributed by atoms with Gasteiger partial charge >= 0.3 is 0 Å². The van der Waals surface area contributed by atoms with Gasteiger partial charge in [0.15, 0.2) is 0 Å². The molecule has 0 saturated heterocycles. The molecule has 0 aliphatic heterocycles. The van der Waals surface area contributed by atoms with Crippen LogP contribution in [0.5, 0.6) is 0 Å². The van der Waals surface area contributed by atoms with Crippen LogP contribution in [0.4, 0.5) is 0 Å². The number of benzene rings is 1. The van der Waals surface area contributed by atoms with Gasteiger partial charge in [-0.25, -0.2) is 0 Å². The first-order valence-electron chi connectivity index (χ1n) is 6.10. The summed E-state index contributed by atoms with van der Waals surface area (Å²) in [6.07, 6.45) is 3.97. The lowest BCUT2D eigenvalue weighted by atomic mass is 10.1. The van der Waals surface area contributed by atoms with Gasteiger partial charge in [-0.2, -0.15) is 5.26 Å². The average Bonchev–Trinajstić information content (AvgIpc) is 2.45. The zero-order valence-corrected chi connectivity index (χ0v) is 11.3. The van der Waals surface area contributed by atoms with E-state index in [0.29, 0.717) is 18.7 Å². The number of ether oxygens (including phenoxy) is 1. The number of amides is 1. The summed E-state index contributed by atoms with van der Waals surface area (Å²) in [7, 11) is 3.39. The fourth-order valence-corrected chi connectivity index (χ4v) is 1.59. The highest BCUT2D eigenvalue weighted by Crippen LogP contribution is 2.09. The Hall–Kier alpha value is -2.12. The van der Waals surface area contributed by atoms with Crippen molar-refractivity contribution in [2.24, 2.45) is 0 Å². The summed E-state index contributed by atoms with van der Waals surface area (Å²) in [6.45, 7) is 1.29. The molecule has 1 amide bonds. The molecule has 0 saturated carbocycles. The van der Waals surface area contributed by atoms with Gasteiger partial charge in [-0.1, -0.05) is 18.2 Å². The molecule has 0 atom stereocenters. The van der Waals surface area contributed by atoms with E-state index in [-0.39, 0.29) is 5.91 Å². The van der Waals surface area contributed by atoms with Crippen molar-refractivity contribution in [2.45, 2.75) is 6.42 Å². The molecule has 0 N–H and O–H groups in total. The molecule has 4 nitrogen and oxygen atoms in total. The molecule has 4 heteroatoms. The molecule has 0 heterocycles. The van der Waals surface area contributed by atoms with E-state index >= 15 is 0 Å². The molecule has 0 aromatic heterocycles. The van der Waals surface area contributed by atoms with Gasteiger partial charge in [0.05, 0.1) is 11.6 Å². The molecule has 0 fully saturated rings. The van der Waals surface area contributed by atoms with Crippen LogP contribution >= 0.6 is 0 Å². The summed E-state index contributed by atoms with van der Waals surface area (Å²) in [5.41, 5.74) is 1.32. The smallest absolute Gasteiger partial charge is 0.246 e. The molecule has 0 unspecified atom stereocenters. The van der Waals surface area contributed by atoms with Gasteiger partial charge in [0.1, 0.15) is 0 Å². The van der Waals surface area contributed by atoms with E-state index in [2.05, 4.69) is 6.07 Å². The highest BCUT2D eigenvalue weighted by atomic mass is 16.5. The molecule has 1 aromatic rings. The van der Waals surface area contributed by atoms with E-state index in [1.54, 1.807) is 37.3 Å². The van der Waals surface area contributed by atoms with Crippen LogP contribution in [0.3, 0.4) is 0 Å². The molecule has 0 radical (unpaired) electrons. The predicted molar refractivity (Wildman–Crippen MR) is 74.3 cm³/mol. The van der Waals surface area contributed by atoms with Crippen molar-refractivity contribution in [3.63, 3.8) is 0 Å². The van der Waals surface area contributed by atoms with Crippen LogP contribution in [-0.4, -0.2) is 38.1 Å². The third-order valence-corrected chi connectivity index (χ3v) is 2.70. The van der Waals surface area contributed by atoms with Crippen molar-refractivity contribution in [3.8, 4) is 6.07 Å². The number of hydrogen-bond acceptors (Lipinski definition) is 3. The lowest BCUT2D eigenvalue weighted by Gasteiger charge is -2.14. The quantitative estimate of drug-likeness (QED) is 0.579. The van der Waals surface area contributed by atoms with E-state index in [0.717, 1.165) is 12.0 Å². The van der Waals surface area contributed by atoms with E-state index in [1.807, 2.05) is 12.1 Å². The third-order valence-electron chi connectivity index (χ3n) is 2.70. The second-order valence-electron chi connectivity index (χ2n) is 4.14. The van der Waals surface area contributed by atoms with E-state index in [4.69, 9.17) is 10.00 Å². The van der Waals surface area contributed by atoms with Crippen LogP contribution in [0, 0.1) is 11.3 Å². The minimum absolute atomic E-state index is 0.0798. The first-order chi connectivity index (χ1) is 9.19. The number of hydrogen-bond donors (Lipinski definition) is 0. The molecule has 1 aromatic carbocycles. The Morgan fingerprint density at radius 1 is 1.47 bits per heavy atom. The van der Waals surface area contributed by atoms with Crippen molar-refractivity contribution >= 4 is 12.0 Å². The summed E-state index contributed by atoms with van der Waals surface area (Å²) < 4.78 is 4.94. The molecule has 0 aliphatic rings. The monoisotopic (exact) mass is 258 g/mol. The van der Waals surface area contributed by atoms with Crippen LogP contribution in [0.2, 0.25) is 0 Å². The van der Waals surface area contributed by atoms with Crippen molar-refractivity contribution in [1.82, 2.24) is 4.90 Å².